The first-order chi connectivity index (χ1) is 6.71. The highest BCUT2D eigenvalue weighted by atomic mass is 35.5. The van der Waals surface area contributed by atoms with Crippen molar-refractivity contribution in [3.05, 3.63) is 17.2 Å². The van der Waals surface area contributed by atoms with E-state index in [1.165, 1.54) is 0 Å². The number of aromatic nitrogens is 2. The van der Waals surface area contributed by atoms with Gasteiger partial charge in [-0.25, -0.2) is 4.98 Å². The number of aryl methyl sites for hydroxylation is 1. The van der Waals surface area contributed by atoms with E-state index >= 15 is 0 Å². The summed E-state index contributed by atoms with van der Waals surface area (Å²) in [5.41, 5.74) is 1.18. The van der Waals surface area contributed by atoms with Crippen LogP contribution < -0.4 is 0 Å². The Balaban J connectivity index is 2.19. The van der Waals surface area contributed by atoms with Crippen molar-refractivity contribution in [1.29, 1.82) is 0 Å². The highest BCUT2D eigenvalue weighted by molar-refractivity contribution is 6.30. The van der Waals surface area contributed by atoms with E-state index in [1.807, 2.05) is 0 Å². The van der Waals surface area contributed by atoms with Crippen molar-refractivity contribution < 1.29 is 5.11 Å². The molecule has 0 bridgehead atoms. The molecule has 0 aromatic carbocycles. The first-order valence-electron chi connectivity index (χ1n) is 5.01. The maximum atomic E-state index is 9.24. The average molecular weight is 215 g/mol. The van der Waals surface area contributed by atoms with Crippen molar-refractivity contribution in [2.75, 3.05) is 6.61 Å². The van der Waals surface area contributed by atoms with Crippen molar-refractivity contribution in [2.24, 2.45) is 5.41 Å². The summed E-state index contributed by atoms with van der Waals surface area (Å²) >= 11 is 6.00. The summed E-state index contributed by atoms with van der Waals surface area (Å²) in [4.78, 5) is 4.08. The molecule has 1 aromatic rings. The maximum Gasteiger partial charge on any atom is 0.150 e. The zero-order valence-corrected chi connectivity index (χ0v) is 9.09. The van der Waals surface area contributed by atoms with Crippen LogP contribution in [0.15, 0.2) is 6.33 Å². The molecule has 1 fully saturated rings. The maximum absolute atomic E-state index is 9.24. The van der Waals surface area contributed by atoms with Crippen molar-refractivity contribution in [2.45, 2.75) is 32.7 Å². The zero-order valence-electron chi connectivity index (χ0n) is 8.33. The fourth-order valence-corrected chi connectivity index (χ4v) is 1.97. The number of hydrogen-bond donors (Lipinski definition) is 1. The standard InChI is InChI=1S/C10H15ClN2O/c1-2-13-7-12-9(11)8(13)5-10(6-14)3-4-10/h7,14H,2-6H2,1H3. The molecule has 14 heavy (non-hydrogen) atoms. The molecule has 0 saturated heterocycles. The predicted octanol–water partition coefficient (Wildman–Crippen LogP) is 1.87. The molecule has 3 nitrogen and oxygen atoms in total. The quantitative estimate of drug-likeness (QED) is 0.831. The number of aliphatic hydroxyl groups is 1. The smallest absolute Gasteiger partial charge is 0.150 e. The van der Waals surface area contributed by atoms with Crippen molar-refractivity contribution in [3.63, 3.8) is 0 Å². The van der Waals surface area contributed by atoms with E-state index in [1.54, 1.807) is 6.33 Å². The highest BCUT2D eigenvalue weighted by Gasteiger charge is 2.43. The molecule has 0 unspecified atom stereocenters. The molecule has 0 aliphatic heterocycles. The minimum atomic E-state index is 0.108. The summed E-state index contributed by atoms with van der Waals surface area (Å²) in [6, 6.07) is 0. The third-order valence-electron chi connectivity index (χ3n) is 3.07. The van der Waals surface area contributed by atoms with Gasteiger partial charge in [-0.3, -0.25) is 0 Å². The van der Waals surface area contributed by atoms with Crippen LogP contribution in [0.4, 0.5) is 0 Å². The average Bonchev–Trinajstić information content (AvgIpc) is 2.89. The van der Waals surface area contributed by atoms with Gasteiger partial charge in [0.05, 0.1) is 12.0 Å². The Kier molecular flexibility index (Phi) is 2.54. The second-order valence-electron chi connectivity index (χ2n) is 4.10. The van der Waals surface area contributed by atoms with Gasteiger partial charge in [-0.05, 0) is 31.6 Å². The summed E-state index contributed by atoms with van der Waals surface area (Å²) < 4.78 is 2.05. The fourth-order valence-electron chi connectivity index (χ4n) is 1.75. The lowest BCUT2D eigenvalue weighted by Gasteiger charge is -2.12. The zero-order chi connectivity index (χ0) is 10.2. The molecule has 1 aliphatic rings. The van der Waals surface area contributed by atoms with Gasteiger partial charge < -0.3 is 9.67 Å². The van der Waals surface area contributed by atoms with Gasteiger partial charge in [0.2, 0.25) is 0 Å². The molecule has 1 aromatic heterocycles. The molecule has 1 saturated carbocycles. The number of aliphatic hydroxyl groups excluding tert-OH is 1. The van der Waals surface area contributed by atoms with Crippen LogP contribution in [0.2, 0.25) is 5.15 Å². The molecule has 78 valence electrons. The fraction of sp³-hybridized carbons (Fsp3) is 0.700. The second kappa shape index (κ2) is 3.55. The normalized spacial score (nSPS) is 18.5. The van der Waals surface area contributed by atoms with Crippen LogP contribution in [0, 0.1) is 5.41 Å². The van der Waals surface area contributed by atoms with Crippen molar-refractivity contribution in [1.82, 2.24) is 9.55 Å². The highest BCUT2D eigenvalue weighted by Crippen LogP contribution is 2.48. The molecule has 0 radical (unpaired) electrons. The lowest BCUT2D eigenvalue weighted by molar-refractivity contribution is 0.209. The lowest BCUT2D eigenvalue weighted by Crippen LogP contribution is -2.13. The Morgan fingerprint density at radius 2 is 2.36 bits per heavy atom. The first-order valence-corrected chi connectivity index (χ1v) is 5.39. The monoisotopic (exact) mass is 214 g/mol. The molecule has 2 rings (SSSR count). The molecule has 0 amide bonds. The van der Waals surface area contributed by atoms with Crippen molar-refractivity contribution >= 4 is 11.6 Å². The summed E-state index contributed by atoms with van der Waals surface area (Å²) in [6.07, 6.45) is 4.84. The number of halogens is 1. The van der Waals surface area contributed by atoms with E-state index in [4.69, 9.17) is 11.6 Å². The third-order valence-corrected chi connectivity index (χ3v) is 3.39. The number of imidazole rings is 1. The van der Waals surface area contributed by atoms with Gasteiger partial charge in [0.1, 0.15) is 5.15 Å². The molecule has 4 heteroatoms. The Labute approximate surface area is 88.7 Å². The topological polar surface area (TPSA) is 38.0 Å². The largest absolute Gasteiger partial charge is 0.396 e. The summed E-state index contributed by atoms with van der Waals surface area (Å²) in [7, 11) is 0. The van der Waals surface area contributed by atoms with Crippen LogP contribution in [0.1, 0.15) is 25.5 Å². The Morgan fingerprint density at radius 1 is 1.64 bits per heavy atom. The minimum absolute atomic E-state index is 0.108. The van der Waals surface area contributed by atoms with Gasteiger partial charge in [0, 0.05) is 13.2 Å². The summed E-state index contributed by atoms with van der Waals surface area (Å²) in [6.45, 7) is 3.22. The molecular formula is C10H15ClN2O. The summed E-state index contributed by atoms with van der Waals surface area (Å²) in [5.74, 6) is 0. The Morgan fingerprint density at radius 3 is 2.86 bits per heavy atom. The number of hydrogen-bond acceptors (Lipinski definition) is 2. The van der Waals surface area contributed by atoms with Gasteiger partial charge in [-0.15, -0.1) is 0 Å². The molecule has 0 atom stereocenters. The van der Waals surface area contributed by atoms with Crippen LogP contribution in [0.25, 0.3) is 0 Å². The van der Waals surface area contributed by atoms with E-state index in [-0.39, 0.29) is 12.0 Å². The van der Waals surface area contributed by atoms with Crippen LogP contribution >= 0.6 is 11.6 Å². The van der Waals surface area contributed by atoms with Crippen molar-refractivity contribution in [3.8, 4) is 0 Å². The molecule has 1 N–H and O–H groups in total. The minimum Gasteiger partial charge on any atom is -0.396 e. The van der Waals surface area contributed by atoms with Crippen LogP contribution in [-0.2, 0) is 13.0 Å². The van der Waals surface area contributed by atoms with E-state index in [0.29, 0.717) is 5.15 Å². The molecule has 1 heterocycles. The van der Waals surface area contributed by atoms with Crippen LogP contribution in [-0.4, -0.2) is 21.3 Å². The first kappa shape index (κ1) is 9.99. The van der Waals surface area contributed by atoms with Crippen LogP contribution in [0.3, 0.4) is 0 Å². The van der Waals surface area contributed by atoms with E-state index in [2.05, 4.69) is 16.5 Å². The number of rotatable bonds is 4. The Bertz CT molecular complexity index is 331. The summed E-state index contributed by atoms with van der Waals surface area (Å²) in [5, 5.41) is 9.83. The Hall–Kier alpha value is -0.540. The predicted molar refractivity (Wildman–Crippen MR) is 55.4 cm³/mol. The SMILES string of the molecule is CCn1cnc(Cl)c1CC1(CO)CC1. The van der Waals surface area contributed by atoms with Gasteiger partial charge in [-0.2, -0.15) is 0 Å². The van der Waals surface area contributed by atoms with Gasteiger partial charge in [0.25, 0.3) is 0 Å². The van der Waals surface area contributed by atoms with Gasteiger partial charge in [0.15, 0.2) is 0 Å². The second-order valence-corrected chi connectivity index (χ2v) is 4.46. The van der Waals surface area contributed by atoms with Gasteiger partial charge in [-0.1, -0.05) is 11.6 Å². The third kappa shape index (κ3) is 1.66. The molecule has 0 spiro atoms. The molecular weight excluding hydrogens is 200 g/mol. The number of nitrogens with zero attached hydrogens (tertiary/aromatic N) is 2. The molecule has 1 aliphatic carbocycles. The van der Waals surface area contributed by atoms with Gasteiger partial charge >= 0.3 is 0 Å². The van der Waals surface area contributed by atoms with Crippen LogP contribution in [0.5, 0.6) is 0 Å². The van der Waals surface area contributed by atoms with E-state index < -0.39 is 0 Å². The lowest BCUT2D eigenvalue weighted by atomic mass is 10.0. The van der Waals surface area contributed by atoms with E-state index in [9.17, 15) is 5.11 Å². The van der Waals surface area contributed by atoms with E-state index in [0.717, 1.165) is 31.5 Å².